The van der Waals surface area contributed by atoms with Gasteiger partial charge in [0.15, 0.2) is 4.77 Å². The predicted octanol–water partition coefficient (Wildman–Crippen LogP) is 3.63. The summed E-state index contributed by atoms with van der Waals surface area (Å²) >= 11 is 5.06. The van der Waals surface area contributed by atoms with Gasteiger partial charge in [-0.3, -0.25) is 0 Å². The normalized spacial score (nSPS) is 16.9. The molecule has 1 aromatic carbocycles. The maximum atomic E-state index is 5.41. The van der Waals surface area contributed by atoms with Crippen molar-refractivity contribution >= 4 is 12.2 Å². The zero-order chi connectivity index (χ0) is 12.4. The standard InChI is InChI=1S/C14H16N2OS/c18-14-15-9-13(16-14)12-3-1-2-11(8-12)10-4-6-17-7-5-10/h1-3,8-10H,4-7H2,(H2,15,16,18). The lowest BCUT2D eigenvalue weighted by Gasteiger charge is -2.22. The molecule has 2 aromatic rings. The maximum Gasteiger partial charge on any atom is 0.174 e. The minimum atomic E-state index is 0.626. The molecule has 0 aliphatic carbocycles. The summed E-state index contributed by atoms with van der Waals surface area (Å²) in [5, 5.41) is 0. The van der Waals surface area contributed by atoms with E-state index in [0.29, 0.717) is 10.7 Å². The first-order valence-electron chi connectivity index (χ1n) is 6.29. The van der Waals surface area contributed by atoms with Crippen molar-refractivity contribution in [1.82, 2.24) is 9.97 Å². The van der Waals surface area contributed by atoms with E-state index in [-0.39, 0.29) is 0 Å². The van der Waals surface area contributed by atoms with Crippen molar-refractivity contribution in [3.8, 4) is 11.3 Å². The van der Waals surface area contributed by atoms with E-state index in [1.54, 1.807) is 0 Å². The van der Waals surface area contributed by atoms with Crippen LogP contribution in [0, 0.1) is 4.77 Å². The third-order valence-corrected chi connectivity index (χ3v) is 3.71. The Bertz CT molecular complexity index is 581. The molecular formula is C14H16N2OS. The molecule has 0 bridgehead atoms. The van der Waals surface area contributed by atoms with Crippen molar-refractivity contribution in [3.05, 3.63) is 40.8 Å². The first-order valence-corrected chi connectivity index (χ1v) is 6.69. The number of imidazole rings is 1. The minimum Gasteiger partial charge on any atom is -0.381 e. The van der Waals surface area contributed by atoms with Gasteiger partial charge in [-0.1, -0.05) is 18.2 Å². The van der Waals surface area contributed by atoms with Gasteiger partial charge in [0.1, 0.15) is 0 Å². The van der Waals surface area contributed by atoms with Crippen LogP contribution < -0.4 is 0 Å². The highest BCUT2D eigenvalue weighted by Gasteiger charge is 2.16. The summed E-state index contributed by atoms with van der Waals surface area (Å²) in [6, 6.07) is 8.69. The van der Waals surface area contributed by atoms with Gasteiger partial charge in [0.25, 0.3) is 0 Å². The lowest BCUT2D eigenvalue weighted by molar-refractivity contribution is 0.0853. The summed E-state index contributed by atoms with van der Waals surface area (Å²) in [5.74, 6) is 0.626. The van der Waals surface area contributed by atoms with Crippen molar-refractivity contribution in [3.63, 3.8) is 0 Å². The van der Waals surface area contributed by atoms with Crippen molar-refractivity contribution in [2.24, 2.45) is 0 Å². The molecule has 0 saturated carbocycles. The van der Waals surface area contributed by atoms with Crippen molar-refractivity contribution in [2.75, 3.05) is 13.2 Å². The number of H-pyrrole nitrogens is 2. The Kier molecular flexibility index (Phi) is 3.30. The zero-order valence-corrected chi connectivity index (χ0v) is 10.9. The molecule has 1 saturated heterocycles. The predicted molar refractivity (Wildman–Crippen MR) is 74.2 cm³/mol. The molecule has 18 heavy (non-hydrogen) atoms. The van der Waals surface area contributed by atoms with Crippen LogP contribution in [0.25, 0.3) is 11.3 Å². The van der Waals surface area contributed by atoms with Gasteiger partial charge in [0.2, 0.25) is 0 Å². The second-order valence-electron chi connectivity index (χ2n) is 4.67. The summed E-state index contributed by atoms with van der Waals surface area (Å²) in [4.78, 5) is 6.16. The highest BCUT2D eigenvalue weighted by molar-refractivity contribution is 7.71. The van der Waals surface area contributed by atoms with Crippen LogP contribution in [0.4, 0.5) is 0 Å². The molecule has 1 aliphatic heterocycles. The number of aromatic nitrogens is 2. The zero-order valence-electron chi connectivity index (χ0n) is 10.1. The topological polar surface area (TPSA) is 40.8 Å². The highest BCUT2D eigenvalue weighted by Crippen LogP contribution is 2.29. The van der Waals surface area contributed by atoms with E-state index in [2.05, 4.69) is 34.2 Å². The Labute approximate surface area is 111 Å². The Hall–Kier alpha value is -1.39. The quantitative estimate of drug-likeness (QED) is 0.809. The number of ether oxygens (including phenoxy) is 1. The van der Waals surface area contributed by atoms with Crippen molar-refractivity contribution < 1.29 is 4.74 Å². The number of aromatic amines is 2. The second kappa shape index (κ2) is 5.08. The highest BCUT2D eigenvalue weighted by atomic mass is 32.1. The van der Waals surface area contributed by atoms with Crippen LogP contribution in [-0.4, -0.2) is 23.2 Å². The van der Waals surface area contributed by atoms with Crippen LogP contribution in [0.15, 0.2) is 30.5 Å². The Morgan fingerprint density at radius 3 is 2.78 bits per heavy atom. The van der Waals surface area contributed by atoms with E-state index in [9.17, 15) is 0 Å². The largest absolute Gasteiger partial charge is 0.381 e. The first kappa shape index (κ1) is 11.7. The number of hydrogen-bond donors (Lipinski definition) is 2. The molecule has 1 fully saturated rings. The smallest absolute Gasteiger partial charge is 0.174 e. The van der Waals surface area contributed by atoms with Gasteiger partial charge < -0.3 is 14.7 Å². The molecule has 2 heterocycles. The fourth-order valence-corrected chi connectivity index (χ4v) is 2.65. The summed E-state index contributed by atoms with van der Waals surface area (Å²) in [5.41, 5.74) is 3.64. The van der Waals surface area contributed by atoms with Crippen LogP contribution in [0.3, 0.4) is 0 Å². The molecule has 1 aliphatic rings. The minimum absolute atomic E-state index is 0.626. The molecule has 1 aromatic heterocycles. The molecule has 0 atom stereocenters. The summed E-state index contributed by atoms with van der Waals surface area (Å²) < 4.78 is 6.08. The summed E-state index contributed by atoms with van der Waals surface area (Å²) in [6.07, 6.45) is 4.16. The molecule has 3 rings (SSSR count). The molecule has 94 valence electrons. The summed E-state index contributed by atoms with van der Waals surface area (Å²) in [6.45, 7) is 1.75. The SMILES string of the molecule is S=c1[nH]cc(-c2cccc(C3CCOCC3)c2)[nH]1. The van der Waals surface area contributed by atoms with Gasteiger partial charge in [0, 0.05) is 19.4 Å². The van der Waals surface area contributed by atoms with E-state index in [4.69, 9.17) is 17.0 Å². The van der Waals surface area contributed by atoms with Gasteiger partial charge in [-0.15, -0.1) is 0 Å². The average molecular weight is 260 g/mol. The van der Waals surface area contributed by atoms with E-state index >= 15 is 0 Å². The third kappa shape index (κ3) is 2.40. The monoisotopic (exact) mass is 260 g/mol. The molecule has 0 amide bonds. The van der Waals surface area contributed by atoms with E-state index in [1.807, 2.05) is 6.20 Å². The number of benzene rings is 1. The van der Waals surface area contributed by atoms with Gasteiger partial charge in [-0.25, -0.2) is 0 Å². The Balaban J connectivity index is 1.91. The van der Waals surface area contributed by atoms with Gasteiger partial charge in [0.05, 0.1) is 5.69 Å². The van der Waals surface area contributed by atoms with E-state index in [0.717, 1.165) is 31.7 Å². The fourth-order valence-electron chi connectivity index (χ4n) is 2.48. The first-order chi connectivity index (χ1) is 8.83. The number of hydrogen-bond acceptors (Lipinski definition) is 2. The maximum absolute atomic E-state index is 5.41. The third-order valence-electron chi connectivity index (χ3n) is 3.49. The van der Waals surface area contributed by atoms with Crippen molar-refractivity contribution in [1.29, 1.82) is 0 Å². The molecule has 4 heteroatoms. The Morgan fingerprint density at radius 2 is 2.06 bits per heavy atom. The molecule has 2 N–H and O–H groups in total. The molecule has 0 spiro atoms. The molecule has 0 unspecified atom stereocenters. The fraction of sp³-hybridized carbons (Fsp3) is 0.357. The molecule has 3 nitrogen and oxygen atoms in total. The van der Waals surface area contributed by atoms with Crippen LogP contribution >= 0.6 is 12.2 Å². The average Bonchev–Trinajstić information content (AvgIpc) is 2.87. The van der Waals surface area contributed by atoms with E-state index < -0.39 is 0 Å². The van der Waals surface area contributed by atoms with E-state index in [1.165, 1.54) is 11.1 Å². The summed E-state index contributed by atoms with van der Waals surface area (Å²) in [7, 11) is 0. The molecular weight excluding hydrogens is 244 g/mol. The van der Waals surface area contributed by atoms with Gasteiger partial charge in [-0.05, 0) is 48.2 Å². The van der Waals surface area contributed by atoms with Crippen LogP contribution in [-0.2, 0) is 4.74 Å². The van der Waals surface area contributed by atoms with Gasteiger partial charge >= 0.3 is 0 Å². The number of nitrogens with one attached hydrogen (secondary N) is 2. The Morgan fingerprint density at radius 1 is 1.22 bits per heavy atom. The number of rotatable bonds is 2. The van der Waals surface area contributed by atoms with Gasteiger partial charge in [-0.2, -0.15) is 0 Å². The van der Waals surface area contributed by atoms with Crippen LogP contribution in [0.2, 0.25) is 0 Å². The second-order valence-corrected chi connectivity index (χ2v) is 5.08. The van der Waals surface area contributed by atoms with Crippen molar-refractivity contribution in [2.45, 2.75) is 18.8 Å². The van der Waals surface area contributed by atoms with Crippen LogP contribution in [0.1, 0.15) is 24.3 Å². The lowest BCUT2D eigenvalue weighted by Crippen LogP contribution is -2.13. The van der Waals surface area contributed by atoms with Crippen LogP contribution in [0.5, 0.6) is 0 Å². The lowest BCUT2D eigenvalue weighted by atomic mass is 9.90. The molecule has 0 radical (unpaired) electrons.